The van der Waals surface area contributed by atoms with Crippen molar-refractivity contribution in [3.05, 3.63) is 76.5 Å². The number of benzene rings is 2. The van der Waals surface area contributed by atoms with Gasteiger partial charge in [-0.1, -0.05) is 52.5 Å². The van der Waals surface area contributed by atoms with Crippen LogP contribution in [0.25, 0.3) is 4.85 Å². The molecule has 24 heavy (non-hydrogen) atoms. The van der Waals surface area contributed by atoms with Crippen LogP contribution in [0.15, 0.2) is 18.2 Å². The molecule has 2 aromatic carbocycles. The number of nitro benzene ring substituents is 1. The van der Waals surface area contributed by atoms with Crippen molar-refractivity contribution in [1.82, 2.24) is 0 Å². The zero-order chi connectivity index (χ0) is 18.0. The lowest BCUT2D eigenvalue weighted by Gasteiger charge is -2.13. The van der Waals surface area contributed by atoms with Gasteiger partial charge in [0, 0.05) is 18.6 Å². The molecule has 0 aliphatic heterocycles. The van der Waals surface area contributed by atoms with Gasteiger partial charge in [0.2, 0.25) is 5.69 Å². The Bertz CT molecular complexity index is 945. The van der Waals surface area contributed by atoms with Crippen molar-refractivity contribution in [2.24, 2.45) is 0 Å². The Morgan fingerprint density at radius 1 is 1.21 bits per heavy atom. The number of non-ortho nitro benzene ring substituents is 1. The number of hydrogen-bond donors (Lipinski definition) is 0. The molecule has 2 aromatic rings. The molecule has 0 fully saturated rings. The van der Waals surface area contributed by atoms with Crippen molar-refractivity contribution in [2.75, 3.05) is 0 Å². The van der Waals surface area contributed by atoms with E-state index in [0.717, 1.165) is 0 Å². The van der Waals surface area contributed by atoms with E-state index in [2.05, 4.69) is 4.85 Å². The third-order valence-corrected chi connectivity index (χ3v) is 4.83. The summed E-state index contributed by atoms with van der Waals surface area (Å²) in [5.74, 6) is 0. The standard InChI is InChI=1S/C15H5Cl4N3O2/c1-21-15-13(18)10(6-20)9(12(17)14(15)19)4-7-2-3-8(22(23)24)5-11(7)16/h2-3,5H,4H2. The summed E-state index contributed by atoms with van der Waals surface area (Å²) >= 11 is 24.4. The minimum atomic E-state index is -0.568. The molecule has 0 spiro atoms. The molecule has 0 radical (unpaired) electrons. The van der Waals surface area contributed by atoms with Crippen LogP contribution in [0.1, 0.15) is 16.7 Å². The first-order valence-corrected chi connectivity index (χ1v) is 7.72. The predicted molar refractivity (Wildman–Crippen MR) is 93.4 cm³/mol. The van der Waals surface area contributed by atoms with Crippen molar-refractivity contribution >= 4 is 57.8 Å². The first-order valence-electron chi connectivity index (χ1n) is 6.21. The number of nitro groups is 1. The van der Waals surface area contributed by atoms with E-state index in [0.29, 0.717) is 11.1 Å². The topological polar surface area (TPSA) is 71.3 Å². The molecule has 0 aliphatic carbocycles. The summed E-state index contributed by atoms with van der Waals surface area (Å²) in [7, 11) is 0. The minimum absolute atomic E-state index is 0.0199. The van der Waals surface area contributed by atoms with Gasteiger partial charge < -0.3 is 0 Å². The van der Waals surface area contributed by atoms with Crippen LogP contribution in [-0.2, 0) is 6.42 Å². The molecule has 0 saturated carbocycles. The average Bonchev–Trinajstić information content (AvgIpc) is 2.54. The van der Waals surface area contributed by atoms with Gasteiger partial charge in [0.1, 0.15) is 0 Å². The van der Waals surface area contributed by atoms with Crippen LogP contribution < -0.4 is 0 Å². The highest BCUT2D eigenvalue weighted by Gasteiger charge is 2.22. The van der Waals surface area contributed by atoms with Crippen LogP contribution in [0.5, 0.6) is 0 Å². The Morgan fingerprint density at radius 3 is 2.38 bits per heavy atom. The van der Waals surface area contributed by atoms with Crippen molar-refractivity contribution in [3.8, 4) is 6.07 Å². The van der Waals surface area contributed by atoms with E-state index in [9.17, 15) is 15.4 Å². The average molecular weight is 401 g/mol. The molecular weight excluding hydrogens is 396 g/mol. The number of hydrogen-bond acceptors (Lipinski definition) is 3. The summed E-state index contributed by atoms with van der Waals surface area (Å²) in [5, 5.41) is 20.1. The number of rotatable bonds is 3. The zero-order valence-corrected chi connectivity index (χ0v) is 14.6. The summed E-state index contributed by atoms with van der Waals surface area (Å²) < 4.78 is 0. The highest BCUT2D eigenvalue weighted by molar-refractivity contribution is 6.47. The Kier molecular flexibility index (Phi) is 5.54. The van der Waals surface area contributed by atoms with E-state index in [-0.39, 0.29) is 43.4 Å². The van der Waals surface area contributed by atoms with Gasteiger partial charge in [0.05, 0.1) is 43.2 Å². The van der Waals surface area contributed by atoms with E-state index < -0.39 is 4.92 Å². The minimum Gasteiger partial charge on any atom is -0.258 e. The number of halogens is 4. The molecule has 0 amide bonds. The van der Waals surface area contributed by atoms with Gasteiger partial charge >= 0.3 is 0 Å². The van der Waals surface area contributed by atoms with Crippen molar-refractivity contribution in [3.63, 3.8) is 0 Å². The third-order valence-electron chi connectivity index (χ3n) is 3.23. The molecule has 9 heteroatoms. The first kappa shape index (κ1) is 18.3. The highest BCUT2D eigenvalue weighted by Crippen LogP contribution is 2.44. The van der Waals surface area contributed by atoms with Crippen LogP contribution >= 0.6 is 46.4 Å². The Morgan fingerprint density at radius 2 is 1.88 bits per heavy atom. The van der Waals surface area contributed by atoms with Gasteiger partial charge in [-0.3, -0.25) is 10.1 Å². The molecule has 0 bridgehead atoms. The quantitative estimate of drug-likeness (QED) is 0.265. The van der Waals surface area contributed by atoms with E-state index in [4.69, 9.17) is 53.0 Å². The normalized spacial score (nSPS) is 10.1. The molecule has 0 atom stereocenters. The van der Waals surface area contributed by atoms with Crippen LogP contribution in [0.2, 0.25) is 20.1 Å². The highest BCUT2D eigenvalue weighted by atomic mass is 35.5. The fourth-order valence-electron chi connectivity index (χ4n) is 2.06. The van der Waals surface area contributed by atoms with Gasteiger partial charge in [0.15, 0.2) is 0 Å². The van der Waals surface area contributed by atoms with Crippen molar-refractivity contribution < 1.29 is 4.92 Å². The fraction of sp³-hybridized carbons (Fsp3) is 0.0667. The summed E-state index contributed by atoms with van der Waals surface area (Å²) in [5.41, 5.74) is 0.570. The lowest BCUT2D eigenvalue weighted by Crippen LogP contribution is -1.98. The zero-order valence-electron chi connectivity index (χ0n) is 11.6. The summed E-state index contributed by atoms with van der Waals surface area (Å²) in [6.45, 7) is 7.09. The van der Waals surface area contributed by atoms with Crippen LogP contribution in [0.3, 0.4) is 0 Å². The Balaban J connectivity index is 2.62. The fourth-order valence-corrected chi connectivity index (χ4v) is 3.14. The van der Waals surface area contributed by atoms with Crippen LogP contribution in [0, 0.1) is 28.0 Å². The van der Waals surface area contributed by atoms with Crippen molar-refractivity contribution in [2.45, 2.75) is 6.42 Å². The molecule has 0 aliphatic rings. The van der Waals surface area contributed by atoms with Crippen molar-refractivity contribution in [1.29, 1.82) is 5.26 Å². The van der Waals surface area contributed by atoms with E-state index in [1.165, 1.54) is 18.2 Å². The molecule has 0 aromatic heterocycles. The SMILES string of the molecule is [C-]#[N+]c1c(Cl)c(Cl)c(Cc2ccc([N+](=O)[O-])cc2Cl)c(C#N)c1Cl. The molecule has 120 valence electrons. The lowest BCUT2D eigenvalue weighted by molar-refractivity contribution is -0.384. The molecule has 0 saturated heterocycles. The molecule has 0 unspecified atom stereocenters. The summed E-state index contributed by atoms with van der Waals surface area (Å²) in [4.78, 5) is 13.4. The largest absolute Gasteiger partial charge is 0.270 e. The van der Waals surface area contributed by atoms with Gasteiger partial charge in [0.25, 0.3) is 5.69 Å². The molecule has 0 heterocycles. The third kappa shape index (κ3) is 3.26. The van der Waals surface area contributed by atoms with Gasteiger partial charge in [-0.25, -0.2) is 4.85 Å². The second-order valence-corrected chi connectivity index (χ2v) is 6.12. The number of nitriles is 1. The molecule has 0 N–H and O–H groups in total. The molecule has 5 nitrogen and oxygen atoms in total. The summed E-state index contributed by atoms with van der Waals surface area (Å²) in [6, 6.07) is 5.86. The Hall–Kier alpha value is -2.02. The molecule has 2 rings (SSSR count). The van der Waals surface area contributed by atoms with Crippen LogP contribution in [0.4, 0.5) is 11.4 Å². The van der Waals surface area contributed by atoms with Gasteiger partial charge in [-0.15, -0.1) is 0 Å². The first-order chi connectivity index (χ1) is 11.3. The Labute approximate surface area is 156 Å². The van der Waals surface area contributed by atoms with Gasteiger partial charge in [-0.05, 0) is 11.1 Å². The monoisotopic (exact) mass is 399 g/mol. The van der Waals surface area contributed by atoms with E-state index in [1.807, 2.05) is 6.07 Å². The van der Waals surface area contributed by atoms with Gasteiger partial charge in [-0.2, -0.15) is 5.26 Å². The second kappa shape index (κ2) is 7.25. The van der Waals surface area contributed by atoms with Crippen LogP contribution in [-0.4, -0.2) is 4.92 Å². The predicted octanol–water partition coefficient (Wildman–Crippen LogP) is 6.22. The van der Waals surface area contributed by atoms with E-state index in [1.54, 1.807) is 0 Å². The maximum atomic E-state index is 10.8. The maximum Gasteiger partial charge on any atom is 0.270 e. The maximum absolute atomic E-state index is 10.8. The lowest BCUT2D eigenvalue weighted by atomic mass is 9.99. The number of nitrogens with zero attached hydrogens (tertiary/aromatic N) is 3. The van der Waals surface area contributed by atoms with E-state index >= 15 is 0 Å². The molecular formula is C15H5Cl4N3O2. The second-order valence-electron chi connectivity index (χ2n) is 4.58. The smallest absolute Gasteiger partial charge is 0.258 e. The summed E-state index contributed by atoms with van der Waals surface area (Å²) in [6.07, 6.45) is 0.0796.